The molecule has 0 aliphatic heterocycles. The maximum Gasteiger partial charge on any atom is 0.258 e. The molecule has 1 aliphatic rings. The molecule has 0 unspecified atom stereocenters. The number of anilines is 1. The van der Waals surface area contributed by atoms with Gasteiger partial charge < -0.3 is 10.1 Å². The first-order valence-electron chi connectivity index (χ1n) is 8.22. The fourth-order valence-electron chi connectivity index (χ4n) is 2.45. The Hall–Kier alpha value is -3.21. The highest BCUT2D eigenvalue weighted by molar-refractivity contribution is 6.03. The summed E-state index contributed by atoms with van der Waals surface area (Å²) in [7, 11) is 0. The molecule has 2 aromatic heterocycles. The minimum absolute atomic E-state index is 0.229. The van der Waals surface area contributed by atoms with Crippen LogP contribution in [0.15, 0.2) is 67.1 Å². The monoisotopic (exact) mass is 331 g/mol. The van der Waals surface area contributed by atoms with Gasteiger partial charge in [-0.3, -0.25) is 9.78 Å². The van der Waals surface area contributed by atoms with E-state index in [0.717, 1.165) is 29.7 Å². The van der Waals surface area contributed by atoms with E-state index in [2.05, 4.69) is 15.3 Å². The molecule has 1 aromatic carbocycles. The van der Waals surface area contributed by atoms with Crippen LogP contribution in [0.25, 0.3) is 11.1 Å². The number of aromatic nitrogens is 2. The third kappa shape index (κ3) is 3.83. The average Bonchev–Trinajstić information content (AvgIpc) is 3.47. The fourth-order valence-corrected chi connectivity index (χ4v) is 2.45. The molecule has 0 spiro atoms. The van der Waals surface area contributed by atoms with Crippen molar-refractivity contribution < 1.29 is 9.53 Å². The van der Waals surface area contributed by atoms with Crippen LogP contribution in [-0.4, -0.2) is 22.0 Å². The molecule has 124 valence electrons. The summed E-state index contributed by atoms with van der Waals surface area (Å²) < 4.78 is 5.83. The highest BCUT2D eigenvalue weighted by Crippen LogP contribution is 2.29. The number of amides is 1. The van der Waals surface area contributed by atoms with Crippen LogP contribution < -0.4 is 10.1 Å². The maximum absolute atomic E-state index is 12.1. The standard InChI is InChI=1S/C20H17N3O2/c24-20(16-4-2-10-21-12-16)23-19-9-6-15(13-22-19)14-3-1-5-18(11-14)25-17-7-8-17/h1-6,9-13,17H,7-8H2,(H,22,23,24). The number of hydrogen-bond acceptors (Lipinski definition) is 4. The number of ether oxygens (including phenoxy) is 1. The van der Waals surface area contributed by atoms with Crippen molar-refractivity contribution in [2.24, 2.45) is 0 Å². The summed E-state index contributed by atoms with van der Waals surface area (Å²) in [5, 5.41) is 2.77. The van der Waals surface area contributed by atoms with Crippen molar-refractivity contribution in [1.29, 1.82) is 0 Å². The van der Waals surface area contributed by atoms with Crippen LogP contribution in [0.1, 0.15) is 23.2 Å². The maximum atomic E-state index is 12.1. The number of carbonyl (C=O) groups excluding carboxylic acids is 1. The molecule has 1 amide bonds. The zero-order valence-electron chi connectivity index (χ0n) is 13.6. The van der Waals surface area contributed by atoms with Gasteiger partial charge in [-0.2, -0.15) is 0 Å². The summed E-state index contributed by atoms with van der Waals surface area (Å²) in [5.41, 5.74) is 2.51. The van der Waals surface area contributed by atoms with Gasteiger partial charge in [0.05, 0.1) is 11.7 Å². The third-order valence-corrected chi connectivity index (χ3v) is 3.92. The molecule has 5 heteroatoms. The molecule has 1 saturated carbocycles. The number of pyridine rings is 2. The number of benzene rings is 1. The fraction of sp³-hybridized carbons (Fsp3) is 0.150. The SMILES string of the molecule is O=C(Nc1ccc(-c2cccc(OC3CC3)c2)cn1)c1cccnc1. The van der Waals surface area contributed by atoms with E-state index in [1.54, 1.807) is 30.6 Å². The van der Waals surface area contributed by atoms with E-state index in [-0.39, 0.29) is 5.91 Å². The quantitative estimate of drug-likeness (QED) is 0.769. The molecule has 0 radical (unpaired) electrons. The zero-order valence-corrected chi connectivity index (χ0v) is 13.6. The molecule has 1 N–H and O–H groups in total. The molecule has 1 fully saturated rings. The number of rotatable bonds is 5. The molecule has 0 atom stereocenters. The van der Waals surface area contributed by atoms with Gasteiger partial charge in [0.2, 0.25) is 0 Å². The first-order chi connectivity index (χ1) is 12.3. The Morgan fingerprint density at radius 3 is 2.68 bits per heavy atom. The number of nitrogens with one attached hydrogen (secondary N) is 1. The van der Waals surface area contributed by atoms with Crippen molar-refractivity contribution >= 4 is 11.7 Å². The first kappa shape index (κ1) is 15.3. The zero-order chi connectivity index (χ0) is 17.1. The highest BCUT2D eigenvalue weighted by atomic mass is 16.5. The second-order valence-electron chi connectivity index (χ2n) is 5.97. The summed E-state index contributed by atoms with van der Waals surface area (Å²) in [6, 6.07) is 15.1. The Morgan fingerprint density at radius 1 is 1.04 bits per heavy atom. The van der Waals surface area contributed by atoms with Gasteiger partial charge in [-0.05, 0) is 54.8 Å². The summed E-state index contributed by atoms with van der Waals surface area (Å²) in [6.45, 7) is 0. The van der Waals surface area contributed by atoms with Crippen LogP contribution in [0.3, 0.4) is 0 Å². The Labute approximate surface area is 145 Å². The Bertz CT molecular complexity index is 875. The van der Waals surface area contributed by atoms with E-state index >= 15 is 0 Å². The molecule has 3 aromatic rings. The molecule has 25 heavy (non-hydrogen) atoms. The number of nitrogens with zero attached hydrogens (tertiary/aromatic N) is 2. The molecule has 4 rings (SSSR count). The van der Waals surface area contributed by atoms with Crippen LogP contribution in [0.5, 0.6) is 5.75 Å². The molecule has 2 heterocycles. The lowest BCUT2D eigenvalue weighted by Gasteiger charge is -2.08. The van der Waals surface area contributed by atoms with Crippen molar-refractivity contribution in [3.8, 4) is 16.9 Å². The minimum Gasteiger partial charge on any atom is -0.490 e. The number of carbonyl (C=O) groups is 1. The van der Waals surface area contributed by atoms with Gasteiger partial charge >= 0.3 is 0 Å². The van der Waals surface area contributed by atoms with E-state index < -0.39 is 0 Å². The summed E-state index contributed by atoms with van der Waals surface area (Å²) in [4.78, 5) is 20.4. The van der Waals surface area contributed by atoms with E-state index in [1.165, 1.54) is 6.20 Å². The predicted molar refractivity (Wildman–Crippen MR) is 95.5 cm³/mol. The van der Waals surface area contributed by atoms with E-state index in [0.29, 0.717) is 17.5 Å². The lowest BCUT2D eigenvalue weighted by molar-refractivity contribution is 0.102. The van der Waals surface area contributed by atoms with Crippen LogP contribution in [-0.2, 0) is 0 Å². The smallest absolute Gasteiger partial charge is 0.258 e. The number of hydrogen-bond donors (Lipinski definition) is 1. The Kier molecular flexibility index (Phi) is 4.12. The minimum atomic E-state index is -0.229. The molecule has 0 bridgehead atoms. The molecular formula is C20H17N3O2. The van der Waals surface area contributed by atoms with Gasteiger partial charge in [0.15, 0.2) is 0 Å². The molecule has 1 aliphatic carbocycles. The van der Waals surface area contributed by atoms with Crippen molar-refractivity contribution in [2.75, 3.05) is 5.32 Å². The predicted octanol–water partition coefficient (Wildman–Crippen LogP) is 3.94. The van der Waals surface area contributed by atoms with Crippen LogP contribution in [0.2, 0.25) is 0 Å². The average molecular weight is 331 g/mol. The Morgan fingerprint density at radius 2 is 1.96 bits per heavy atom. The van der Waals surface area contributed by atoms with Crippen molar-refractivity contribution in [3.05, 3.63) is 72.7 Å². The van der Waals surface area contributed by atoms with Gasteiger partial charge in [0.25, 0.3) is 5.91 Å². The third-order valence-electron chi connectivity index (χ3n) is 3.92. The lowest BCUT2D eigenvalue weighted by atomic mass is 10.1. The molecule has 5 nitrogen and oxygen atoms in total. The van der Waals surface area contributed by atoms with Gasteiger partial charge in [0.1, 0.15) is 11.6 Å². The molecule has 0 saturated heterocycles. The van der Waals surface area contributed by atoms with Gasteiger partial charge in [-0.1, -0.05) is 12.1 Å². The normalized spacial score (nSPS) is 13.3. The van der Waals surface area contributed by atoms with Gasteiger partial charge in [-0.25, -0.2) is 4.98 Å². The van der Waals surface area contributed by atoms with Crippen LogP contribution >= 0.6 is 0 Å². The summed E-state index contributed by atoms with van der Waals surface area (Å²) in [5.74, 6) is 1.16. The van der Waals surface area contributed by atoms with Crippen molar-refractivity contribution in [1.82, 2.24) is 9.97 Å². The van der Waals surface area contributed by atoms with Gasteiger partial charge in [0, 0.05) is 24.2 Å². The topological polar surface area (TPSA) is 64.1 Å². The second kappa shape index (κ2) is 6.73. The van der Waals surface area contributed by atoms with Crippen molar-refractivity contribution in [2.45, 2.75) is 18.9 Å². The largest absolute Gasteiger partial charge is 0.490 e. The Balaban J connectivity index is 1.47. The highest BCUT2D eigenvalue weighted by Gasteiger charge is 2.23. The van der Waals surface area contributed by atoms with Crippen LogP contribution in [0, 0.1) is 0 Å². The van der Waals surface area contributed by atoms with E-state index in [1.807, 2.05) is 30.3 Å². The summed E-state index contributed by atoms with van der Waals surface area (Å²) in [6.07, 6.45) is 7.54. The lowest BCUT2D eigenvalue weighted by Crippen LogP contribution is -2.12. The second-order valence-corrected chi connectivity index (χ2v) is 5.97. The summed E-state index contributed by atoms with van der Waals surface area (Å²) >= 11 is 0. The van der Waals surface area contributed by atoms with E-state index in [9.17, 15) is 4.79 Å². The van der Waals surface area contributed by atoms with Gasteiger partial charge in [-0.15, -0.1) is 0 Å². The van der Waals surface area contributed by atoms with E-state index in [4.69, 9.17) is 4.74 Å². The first-order valence-corrected chi connectivity index (χ1v) is 8.22. The molecular weight excluding hydrogens is 314 g/mol. The van der Waals surface area contributed by atoms with Crippen molar-refractivity contribution in [3.63, 3.8) is 0 Å². The van der Waals surface area contributed by atoms with Crippen LogP contribution in [0.4, 0.5) is 5.82 Å².